The number of hydrogen-bond acceptors (Lipinski definition) is 6. The van der Waals surface area contributed by atoms with E-state index in [2.05, 4.69) is 15.6 Å². The first-order valence-corrected chi connectivity index (χ1v) is 7.85. The van der Waals surface area contributed by atoms with Crippen molar-refractivity contribution in [2.75, 3.05) is 25.3 Å². The van der Waals surface area contributed by atoms with Gasteiger partial charge in [0, 0.05) is 6.07 Å². The van der Waals surface area contributed by atoms with Gasteiger partial charge in [-0.2, -0.15) is 4.68 Å². The van der Waals surface area contributed by atoms with E-state index in [4.69, 9.17) is 15.2 Å². The van der Waals surface area contributed by atoms with E-state index in [1.807, 2.05) is 31.2 Å². The number of anilines is 2. The molecule has 0 radical (unpaired) electrons. The van der Waals surface area contributed by atoms with Gasteiger partial charge in [0.25, 0.3) is 5.91 Å². The minimum absolute atomic E-state index is 0.0334. The number of carbonyl (C=O) groups excluding carboxylic acids is 1. The number of aromatic nitrogens is 3. The highest BCUT2D eigenvalue weighted by Crippen LogP contribution is 2.29. The van der Waals surface area contributed by atoms with Crippen LogP contribution in [0.5, 0.6) is 11.5 Å². The molecule has 0 atom stereocenters. The van der Waals surface area contributed by atoms with E-state index >= 15 is 0 Å². The van der Waals surface area contributed by atoms with Gasteiger partial charge in [0.1, 0.15) is 11.5 Å². The van der Waals surface area contributed by atoms with Crippen molar-refractivity contribution in [1.82, 2.24) is 15.0 Å². The molecule has 26 heavy (non-hydrogen) atoms. The van der Waals surface area contributed by atoms with Gasteiger partial charge in [-0.15, -0.1) is 5.10 Å². The van der Waals surface area contributed by atoms with Crippen LogP contribution in [0.15, 0.2) is 42.5 Å². The van der Waals surface area contributed by atoms with Crippen LogP contribution in [0.25, 0.3) is 5.69 Å². The van der Waals surface area contributed by atoms with Gasteiger partial charge in [-0.3, -0.25) is 4.79 Å². The van der Waals surface area contributed by atoms with Gasteiger partial charge in [0.2, 0.25) is 0 Å². The van der Waals surface area contributed by atoms with E-state index < -0.39 is 5.91 Å². The third-order valence-electron chi connectivity index (χ3n) is 3.92. The largest absolute Gasteiger partial charge is 0.497 e. The van der Waals surface area contributed by atoms with Crippen LogP contribution in [0, 0.1) is 6.92 Å². The van der Waals surface area contributed by atoms with E-state index in [1.54, 1.807) is 25.3 Å². The molecule has 1 aromatic heterocycles. The molecule has 134 valence electrons. The van der Waals surface area contributed by atoms with Crippen LogP contribution in [-0.4, -0.2) is 35.1 Å². The molecule has 0 fully saturated rings. The molecule has 8 heteroatoms. The Morgan fingerprint density at radius 2 is 1.92 bits per heavy atom. The molecular weight excluding hydrogens is 334 g/mol. The molecule has 3 aromatic rings. The summed E-state index contributed by atoms with van der Waals surface area (Å²) in [7, 11) is 3.06. The fourth-order valence-corrected chi connectivity index (χ4v) is 2.51. The van der Waals surface area contributed by atoms with Crippen LogP contribution in [0.4, 0.5) is 11.5 Å². The number of carbonyl (C=O) groups is 1. The highest BCUT2D eigenvalue weighted by atomic mass is 16.5. The van der Waals surface area contributed by atoms with Crippen molar-refractivity contribution in [3.8, 4) is 17.2 Å². The molecule has 3 rings (SSSR count). The maximum absolute atomic E-state index is 12.6. The van der Waals surface area contributed by atoms with E-state index in [1.165, 1.54) is 11.8 Å². The molecule has 1 amide bonds. The molecule has 0 unspecified atom stereocenters. The fraction of sp³-hybridized carbons (Fsp3) is 0.167. The van der Waals surface area contributed by atoms with E-state index in [0.717, 1.165) is 11.3 Å². The lowest BCUT2D eigenvalue weighted by Crippen LogP contribution is -2.15. The predicted octanol–water partition coefficient (Wildman–Crippen LogP) is 2.43. The summed E-state index contributed by atoms with van der Waals surface area (Å²) in [6.07, 6.45) is 0. The van der Waals surface area contributed by atoms with E-state index in [-0.39, 0.29) is 11.5 Å². The van der Waals surface area contributed by atoms with Gasteiger partial charge in [-0.25, -0.2) is 0 Å². The van der Waals surface area contributed by atoms with Crippen molar-refractivity contribution in [2.45, 2.75) is 6.92 Å². The molecule has 0 saturated heterocycles. The summed E-state index contributed by atoms with van der Waals surface area (Å²) in [4.78, 5) is 12.6. The lowest BCUT2D eigenvalue weighted by Gasteiger charge is -2.11. The molecule has 0 aliphatic rings. The molecule has 0 aliphatic heterocycles. The van der Waals surface area contributed by atoms with Crippen molar-refractivity contribution in [1.29, 1.82) is 0 Å². The molecule has 0 spiro atoms. The second-order valence-electron chi connectivity index (χ2n) is 5.54. The Bertz CT molecular complexity index is 952. The zero-order chi connectivity index (χ0) is 18.7. The summed E-state index contributed by atoms with van der Waals surface area (Å²) in [6.45, 7) is 1.93. The summed E-state index contributed by atoms with van der Waals surface area (Å²) in [5.41, 5.74) is 8.34. The molecular formula is C18H19N5O3. The van der Waals surface area contributed by atoms with Gasteiger partial charge in [0.05, 0.1) is 25.6 Å². The zero-order valence-corrected chi connectivity index (χ0v) is 14.7. The van der Waals surface area contributed by atoms with Gasteiger partial charge < -0.3 is 20.5 Å². The van der Waals surface area contributed by atoms with Crippen molar-refractivity contribution < 1.29 is 14.3 Å². The van der Waals surface area contributed by atoms with Gasteiger partial charge in [-0.05, 0) is 30.7 Å². The fourth-order valence-electron chi connectivity index (χ4n) is 2.51. The number of aryl methyl sites for hydroxylation is 1. The van der Waals surface area contributed by atoms with Crippen molar-refractivity contribution in [3.63, 3.8) is 0 Å². The molecule has 2 aromatic carbocycles. The molecule has 0 bridgehead atoms. The van der Waals surface area contributed by atoms with Crippen LogP contribution < -0.4 is 20.5 Å². The number of amides is 1. The van der Waals surface area contributed by atoms with Gasteiger partial charge in [-0.1, -0.05) is 23.4 Å². The number of nitrogens with zero attached hydrogens (tertiary/aromatic N) is 3. The Hall–Kier alpha value is -3.55. The van der Waals surface area contributed by atoms with Crippen LogP contribution in [0.1, 0.15) is 16.1 Å². The number of ether oxygens (including phenoxy) is 2. The summed E-state index contributed by atoms with van der Waals surface area (Å²) in [6, 6.07) is 12.6. The minimum atomic E-state index is -0.481. The Morgan fingerprint density at radius 1 is 1.15 bits per heavy atom. The number of hydrogen-bond donors (Lipinski definition) is 2. The molecule has 3 N–H and O–H groups in total. The lowest BCUT2D eigenvalue weighted by molar-refractivity contribution is 0.102. The number of rotatable bonds is 5. The zero-order valence-electron chi connectivity index (χ0n) is 14.7. The average Bonchev–Trinajstić information content (AvgIpc) is 3.03. The van der Waals surface area contributed by atoms with E-state index in [0.29, 0.717) is 17.2 Å². The van der Waals surface area contributed by atoms with Crippen molar-refractivity contribution >= 4 is 17.4 Å². The Morgan fingerprint density at radius 3 is 2.62 bits per heavy atom. The standard InChI is InChI=1S/C18H19N5O3/c1-11-6-4-5-7-14(11)23-17(19)16(21-22-23)18(24)20-13-9-8-12(25-2)10-15(13)26-3/h4-10H,19H2,1-3H3,(H,20,24). The second-order valence-corrected chi connectivity index (χ2v) is 5.54. The Balaban J connectivity index is 1.89. The summed E-state index contributed by atoms with van der Waals surface area (Å²) in [5, 5.41) is 10.7. The number of methoxy groups -OCH3 is 2. The lowest BCUT2D eigenvalue weighted by atomic mass is 10.2. The summed E-state index contributed by atoms with van der Waals surface area (Å²) in [5.74, 6) is 0.752. The van der Waals surface area contributed by atoms with Crippen LogP contribution in [-0.2, 0) is 0 Å². The first-order valence-electron chi connectivity index (χ1n) is 7.85. The first-order chi connectivity index (χ1) is 12.5. The second kappa shape index (κ2) is 7.14. The highest BCUT2D eigenvalue weighted by molar-refractivity contribution is 6.06. The Labute approximate surface area is 150 Å². The van der Waals surface area contributed by atoms with E-state index in [9.17, 15) is 4.79 Å². The third kappa shape index (κ3) is 3.16. The quantitative estimate of drug-likeness (QED) is 0.730. The van der Waals surface area contributed by atoms with Gasteiger partial charge >= 0.3 is 0 Å². The van der Waals surface area contributed by atoms with Crippen LogP contribution >= 0.6 is 0 Å². The molecule has 1 heterocycles. The molecule has 0 saturated carbocycles. The Kier molecular flexibility index (Phi) is 4.74. The number of nitrogens with one attached hydrogen (secondary N) is 1. The van der Waals surface area contributed by atoms with Crippen LogP contribution in [0.2, 0.25) is 0 Å². The first kappa shape index (κ1) is 17.3. The maximum atomic E-state index is 12.6. The number of para-hydroxylation sites is 1. The summed E-state index contributed by atoms with van der Waals surface area (Å²) >= 11 is 0. The SMILES string of the molecule is COc1ccc(NC(=O)c2nnn(-c3ccccc3C)c2N)c(OC)c1. The van der Waals surface area contributed by atoms with Crippen molar-refractivity contribution in [3.05, 3.63) is 53.7 Å². The predicted molar refractivity (Wildman–Crippen MR) is 98.0 cm³/mol. The summed E-state index contributed by atoms with van der Waals surface area (Å²) < 4.78 is 11.9. The number of nitrogen functional groups attached to an aromatic ring is 1. The minimum Gasteiger partial charge on any atom is -0.497 e. The van der Waals surface area contributed by atoms with Gasteiger partial charge in [0.15, 0.2) is 11.5 Å². The molecule has 0 aliphatic carbocycles. The highest BCUT2D eigenvalue weighted by Gasteiger charge is 2.20. The monoisotopic (exact) mass is 353 g/mol. The number of benzene rings is 2. The molecule has 8 nitrogen and oxygen atoms in total. The maximum Gasteiger partial charge on any atom is 0.280 e. The normalized spacial score (nSPS) is 10.4. The van der Waals surface area contributed by atoms with Crippen LogP contribution in [0.3, 0.4) is 0 Å². The average molecular weight is 353 g/mol. The third-order valence-corrected chi connectivity index (χ3v) is 3.92. The van der Waals surface area contributed by atoms with Crippen molar-refractivity contribution in [2.24, 2.45) is 0 Å². The topological polar surface area (TPSA) is 104 Å². The smallest absolute Gasteiger partial charge is 0.280 e. The number of nitrogens with two attached hydrogens (primary N) is 1.